The van der Waals surface area contributed by atoms with E-state index in [1.807, 2.05) is 6.92 Å². The number of hydrogen-bond acceptors (Lipinski definition) is 4. The molecule has 2 N–H and O–H groups in total. The zero-order valence-electron chi connectivity index (χ0n) is 15.3. The van der Waals surface area contributed by atoms with Gasteiger partial charge in [0.1, 0.15) is 5.82 Å². The lowest BCUT2D eigenvalue weighted by Crippen LogP contribution is -2.38. The molecule has 0 saturated heterocycles. The highest BCUT2D eigenvalue weighted by Crippen LogP contribution is 2.19. The standard InChI is InChI=1S/C19H23FN2O5/c1-3-27-8-4-7-22(11-12(2)19(25)26)18(24)15-10-17(23)21-16-9-13(20)5-6-14(15)16/h5-6,9-10,12H,3-4,7-8,11H2,1-2H3,(H,21,23)(H,25,26). The van der Waals surface area contributed by atoms with Crippen LogP contribution in [0.2, 0.25) is 0 Å². The van der Waals surface area contributed by atoms with E-state index >= 15 is 0 Å². The Labute approximate surface area is 155 Å². The predicted octanol–water partition coefficient (Wildman–Crippen LogP) is 2.26. The highest BCUT2D eigenvalue weighted by Gasteiger charge is 2.23. The zero-order valence-corrected chi connectivity index (χ0v) is 15.3. The van der Waals surface area contributed by atoms with Gasteiger partial charge in [0.2, 0.25) is 5.56 Å². The van der Waals surface area contributed by atoms with Crippen molar-refractivity contribution in [2.75, 3.05) is 26.3 Å². The van der Waals surface area contributed by atoms with E-state index in [0.29, 0.717) is 25.0 Å². The lowest BCUT2D eigenvalue weighted by atomic mass is 10.1. The highest BCUT2D eigenvalue weighted by molar-refractivity contribution is 6.06. The lowest BCUT2D eigenvalue weighted by molar-refractivity contribution is -0.141. The zero-order chi connectivity index (χ0) is 20.0. The number of carboxylic acids is 1. The van der Waals surface area contributed by atoms with E-state index in [0.717, 1.165) is 12.1 Å². The van der Waals surface area contributed by atoms with Crippen LogP contribution in [0.25, 0.3) is 10.9 Å². The number of carbonyl (C=O) groups excluding carboxylic acids is 1. The number of amides is 1. The van der Waals surface area contributed by atoms with Crippen molar-refractivity contribution in [3.8, 4) is 0 Å². The molecule has 7 nitrogen and oxygen atoms in total. The van der Waals surface area contributed by atoms with Crippen LogP contribution in [-0.4, -0.2) is 53.2 Å². The third-order valence-corrected chi connectivity index (χ3v) is 4.16. The van der Waals surface area contributed by atoms with E-state index in [1.165, 1.54) is 24.0 Å². The molecule has 0 radical (unpaired) electrons. The quantitative estimate of drug-likeness (QED) is 0.652. The summed E-state index contributed by atoms with van der Waals surface area (Å²) < 4.78 is 18.7. The number of fused-ring (bicyclic) bond motifs is 1. The van der Waals surface area contributed by atoms with Crippen LogP contribution in [0.5, 0.6) is 0 Å². The van der Waals surface area contributed by atoms with Gasteiger partial charge in [0.05, 0.1) is 17.0 Å². The summed E-state index contributed by atoms with van der Waals surface area (Å²) >= 11 is 0. The second kappa shape index (κ2) is 9.27. The van der Waals surface area contributed by atoms with E-state index in [2.05, 4.69) is 4.98 Å². The maximum atomic E-state index is 13.5. The summed E-state index contributed by atoms with van der Waals surface area (Å²) in [5.74, 6) is -2.79. The number of nitrogens with zero attached hydrogens (tertiary/aromatic N) is 1. The molecule has 0 bridgehead atoms. The number of aromatic amines is 1. The van der Waals surface area contributed by atoms with Gasteiger partial charge in [-0.3, -0.25) is 14.4 Å². The van der Waals surface area contributed by atoms with Crippen molar-refractivity contribution in [2.24, 2.45) is 5.92 Å². The number of halogens is 1. The summed E-state index contributed by atoms with van der Waals surface area (Å²) in [7, 11) is 0. The Hall–Kier alpha value is -2.74. The molecule has 0 fully saturated rings. The first-order chi connectivity index (χ1) is 12.8. The van der Waals surface area contributed by atoms with E-state index in [1.54, 1.807) is 0 Å². The van der Waals surface area contributed by atoms with Crippen LogP contribution < -0.4 is 5.56 Å². The van der Waals surface area contributed by atoms with Crippen LogP contribution in [0.3, 0.4) is 0 Å². The number of H-pyrrole nitrogens is 1. The Kier molecular flexibility index (Phi) is 7.06. The number of carboxylic acid groups (broad SMARTS) is 1. The molecule has 0 spiro atoms. The maximum absolute atomic E-state index is 13.5. The monoisotopic (exact) mass is 378 g/mol. The van der Waals surface area contributed by atoms with E-state index in [4.69, 9.17) is 4.74 Å². The Morgan fingerprint density at radius 2 is 2.07 bits per heavy atom. The van der Waals surface area contributed by atoms with Crippen molar-refractivity contribution in [3.63, 3.8) is 0 Å². The number of aromatic nitrogens is 1. The fourth-order valence-corrected chi connectivity index (χ4v) is 2.77. The SMILES string of the molecule is CCOCCCN(CC(C)C(=O)O)C(=O)c1cc(=O)[nH]c2cc(F)ccc12. The Balaban J connectivity index is 2.36. The number of benzene rings is 1. The van der Waals surface area contributed by atoms with E-state index < -0.39 is 29.2 Å². The number of hydrogen-bond donors (Lipinski definition) is 2. The summed E-state index contributed by atoms with van der Waals surface area (Å²) in [6, 6.07) is 4.93. The normalized spacial score (nSPS) is 12.1. The summed E-state index contributed by atoms with van der Waals surface area (Å²) in [5, 5.41) is 9.58. The maximum Gasteiger partial charge on any atom is 0.308 e. The second-order valence-corrected chi connectivity index (χ2v) is 6.28. The van der Waals surface area contributed by atoms with Gasteiger partial charge >= 0.3 is 5.97 Å². The summed E-state index contributed by atoms with van der Waals surface area (Å²) in [4.78, 5) is 40.1. The minimum Gasteiger partial charge on any atom is -0.481 e. The third-order valence-electron chi connectivity index (χ3n) is 4.16. The fraction of sp³-hybridized carbons (Fsp3) is 0.421. The molecule has 1 aromatic heterocycles. The molecule has 0 saturated carbocycles. The molecule has 146 valence electrons. The van der Waals surface area contributed by atoms with Gasteiger partial charge in [0.25, 0.3) is 5.91 Å². The van der Waals surface area contributed by atoms with Crippen LogP contribution >= 0.6 is 0 Å². The van der Waals surface area contributed by atoms with Gasteiger partial charge in [-0.1, -0.05) is 6.92 Å². The number of rotatable bonds is 9. The largest absolute Gasteiger partial charge is 0.481 e. The molecule has 0 aliphatic carbocycles. The molecule has 1 atom stereocenters. The molecule has 1 heterocycles. The molecule has 1 aromatic carbocycles. The Bertz CT molecular complexity index is 880. The highest BCUT2D eigenvalue weighted by atomic mass is 19.1. The molecule has 2 rings (SSSR count). The molecule has 27 heavy (non-hydrogen) atoms. The summed E-state index contributed by atoms with van der Waals surface area (Å²) in [6.07, 6.45) is 0.529. The van der Waals surface area contributed by atoms with Gasteiger partial charge in [-0.25, -0.2) is 4.39 Å². The molecular weight excluding hydrogens is 355 g/mol. The summed E-state index contributed by atoms with van der Waals surface area (Å²) in [6.45, 7) is 4.63. The van der Waals surface area contributed by atoms with Crippen molar-refractivity contribution >= 4 is 22.8 Å². The van der Waals surface area contributed by atoms with Crippen molar-refractivity contribution < 1.29 is 23.8 Å². The fourth-order valence-electron chi connectivity index (χ4n) is 2.77. The van der Waals surface area contributed by atoms with Crippen LogP contribution in [0.1, 0.15) is 30.6 Å². The van der Waals surface area contributed by atoms with Crippen LogP contribution in [0.4, 0.5) is 4.39 Å². The number of aliphatic carboxylic acids is 1. The molecule has 0 aliphatic heterocycles. The van der Waals surface area contributed by atoms with Gasteiger partial charge in [-0.2, -0.15) is 0 Å². The third kappa shape index (κ3) is 5.37. The smallest absolute Gasteiger partial charge is 0.308 e. The van der Waals surface area contributed by atoms with Crippen molar-refractivity contribution in [1.82, 2.24) is 9.88 Å². The number of pyridine rings is 1. The average Bonchev–Trinajstić information content (AvgIpc) is 2.62. The van der Waals surface area contributed by atoms with Crippen molar-refractivity contribution in [3.05, 3.63) is 46.0 Å². The molecule has 2 aromatic rings. The first-order valence-electron chi connectivity index (χ1n) is 8.76. The van der Waals surface area contributed by atoms with Crippen molar-refractivity contribution in [1.29, 1.82) is 0 Å². The molecular formula is C19H23FN2O5. The minimum absolute atomic E-state index is 0.00419. The van der Waals surface area contributed by atoms with E-state index in [9.17, 15) is 23.9 Å². The van der Waals surface area contributed by atoms with Gasteiger partial charge in [-0.05, 0) is 31.5 Å². The molecule has 1 unspecified atom stereocenters. The predicted molar refractivity (Wildman–Crippen MR) is 98.3 cm³/mol. The first-order valence-corrected chi connectivity index (χ1v) is 8.76. The Morgan fingerprint density at radius 3 is 2.74 bits per heavy atom. The summed E-state index contributed by atoms with van der Waals surface area (Å²) in [5.41, 5.74) is -0.203. The van der Waals surface area contributed by atoms with Gasteiger partial charge in [0.15, 0.2) is 0 Å². The second-order valence-electron chi connectivity index (χ2n) is 6.28. The lowest BCUT2D eigenvalue weighted by Gasteiger charge is -2.25. The topological polar surface area (TPSA) is 99.7 Å². The molecule has 1 amide bonds. The molecule has 8 heteroatoms. The van der Waals surface area contributed by atoms with Gasteiger partial charge in [0, 0.05) is 37.8 Å². The Morgan fingerprint density at radius 1 is 1.33 bits per heavy atom. The van der Waals surface area contributed by atoms with Crippen molar-refractivity contribution in [2.45, 2.75) is 20.3 Å². The van der Waals surface area contributed by atoms with Gasteiger partial charge < -0.3 is 19.7 Å². The van der Waals surface area contributed by atoms with Crippen LogP contribution in [0, 0.1) is 11.7 Å². The number of nitrogens with one attached hydrogen (secondary N) is 1. The van der Waals surface area contributed by atoms with Gasteiger partial charge in [-0.15, -0.1) is 0 Å². The van der Waals surface area contributed by atoms with Crippen LogP contribution in [-0.2, 0) is 9.53 Å². The first kappa shape index (κ1) is 20.6. The number of carbonyl (C=O) groups is 2. The van der Waals surface area contributed by atoms with E-state index in [-0.39, 0.29) is 24.2 Å². The number of ether oxygens (including phenoxy) is 1. The van der Waals surface area contributed by atoms with Crippen LogP contribution in [0.15, 0.2) is 29.1 Å². The molecule has 0 aliphatic rings. The minimum atomic E-state index is -1.02. The average molecular weight is 378 g/mol.